The van der Waals surface area contributed by atoms with Crippen LogP contribution in [0.5, 0.6) is 0 Å². The van der Waals surface area contributed by atoms with E-state index in [1.807, 2.05) is 6.92 Å². The lowest BCUT2D eigenvalue weighted by molar-refractivity contribution is -0.113. The molecule has 0 aliphatic heterocycles. The molecule has 0 N–H and O–H groups in total. The van der Waals surface area contributed by atoms with Crippen LogP contribution < -0.4 is 0 Å². The van der Waals surface area contributed by atoms with Crippen LogP contribution in [-0.4, -0.2) is 9.57 Å². The van der Waals surface area contributed by atoms with Gasteiger partial charge in [-0.15, -0.1) is 11.6 Å². The fourth-order valence-electron chi connectivity index (χ4n) is 1.17. The molecular weight excluding hydrogens is 239 g/mol. The van der Waals surface area contributed by atoms with Gasteiger partial charge >= 0.3 is 0 Å². The van der Waals surface area contributed by atoms with Gasteiger partial charge < -0.3 is 0 Å². The maximum atomic E-state index is 11.1. The maximum Gasteiger partial charge on any atom is 0.218 e. The Bertz CT molecular complexity index is 149. The van der Waals surface area contributed by atoms with Gasteiger partial charge in [0.25, 0.3) is 0 Å². The second kappa shape index (κ2) is 5.98. The van der Waals surface area contributed by atoms with Gasteiger partial charge in [0.1, 0.15) is 4.87 Å². The molecule has 0 aromatic carbocycles. The molecule has 0 heterocycles. The van der Waals surface area contributed by atoms with Crippen molar-refractivity contribution in [2.75, 3.05) is 0 Å². The maximum absolute atomic E-state index is 11.1. The standard InChI is InChI=1S/C9H16BrClO/c1-3-5-7-9(11,6-4-2)8(10)12/h3-7H2,1-2H3. The van der Waals surface area contributed by atoms with Crippen molar-refractivity contribution in [2.24, 2.45) is 0 Å². The van der Waals surface area contributed by atoms with Gasteiger partial charge in [0, 0.05) is 0 Å². The van der Waals surface area contributed by atoms with Crippen LogP contribution >= 0.6 is 27.5 Å². The fraction of sp³-hybridized carbons (Fsp3) is 0.889. The molecule has 0 saturated heterocycles. The number of unbranched alkanes of at least 4 members (excludes halogenated alkanes) is 1. The molecular formula is C9H16BrClO. The molecule has 1 unspecified atom stereocenters. The number of alkyl halides is 1. The quantitative estimate of drug-likeness (QED) is 0.520. The number of carbonyl (C=O) groups is 1. The van der Waals surface area contributed by atoms with Crippen molar-refractivity contribution in [2.45, 2.75) is 50.8 Å². The zero-order valence-corrected chi connectivity index (χ0v) is 10.0. The van der Waals surface area contributed by atoms with Crippen LogP contribution in [0.15, 0.2) is 0 Å². The van der Waals surface area contributed by atoms with E-state index >= 15 is 0 Å². The van der Waals surface area contributed by atoms with E-state index in [-0.39, 0.29) is 4.69 Å². The summed E-state index contributed by atoms with van der Waals surface area (Å²) >= 11 is 9.11. The number of carbonyl (C=O) groups excluding carboxylic acids is 1. The average Bonchev–Trinajstić information content (AvgIpc) is 2.01. The summed E-state index contributed by atoms with van der Waals surface area (Å²) in [6.07, 6.45) is 4.59. The summed E-state index contributed by atoms with van der Waals surface area (Å²) in [5.74, 6) is 0. The number of hydrogen-bond donors (Lipinski definition) is 0. The van der Waals surface area contributed by atoms with Crippen LogP contribution in [0.2, 0.25) is 0 Å². The minimum absolute atomic E-state index is 0.0630. The van der Waals surface area contributed by atoms with E-state index in [4.69, 9.17) is 11.6 Å². The fourth-order valence-corrected chi connectivity index (χ4v) is 1.89. The van der Waals surface area contributed by atoms with Crippen LogP contribution in [0.3, 0.4) is 0 Å². The van der Waals surface area contributed by atoms with Crippen LogP contribution in [0.1, 0.15) is 46.0 Å². The van der Waals surface area contributed by atoms with Crippen molar-refractivity contribution in [3.05, 3.63) is 0 Å². The average molecular weight is 256 g/mol. The first-order valence-electron chi connectivity index (χ1n) is 4.45. The highest BCUT2D eigenvalue weighted by Crippen LogP contribution is 2.31. The van der Waals surface area contributed by atoms with E-state index < -0.39 is 4.87 Å². The zero-order chi connectivity index (χ0) is 9.61. The Morgan fingerprint density at radius 1 is 1.33 bits per heavy atom. The first kappa shape index (κ1) is 12.4. The van der Waals surface area contributed by atoms with Crippen molar-refractivity contribution < 1.29 is 4.79 Å². The second-order valence-corrected chi connectivity index (χ2v) is 4.54. The van der Waals surface area contributed by atoms with E-state index in [9.17, 15) is 4.79 Å². The molecule has 0 rings (SSSR count). The number of hydrogen-bond acceptors (Lipinski definition) is 1. The lowest BCUT2D eigenvalue weighted by Crippen LogP contribution is -2.28. The lowest BCUT2D eigenvalue weighted by atomic mass is 9.98. The van der Waals surface area contributed by atoms with Gasteiger partial charge in [-0.3, -0.25) is 4.79 Å². The molecule has 0 aliphatic rings. The van der Waals surface area contributed by atoms with Crippen molar-refractivity contribution >= 4 is 32.2 Å². The molecule has 72 valence electrons. The van der Waals surface area contributed by atoms with Gasteiger partial charge in [-0.1, -0.05) is 33.1 Å². The van der Waals surface area contributed by atoms with E-state index in [1.165, 1.54) is 0 Å². The van der Waals surface area contributed by atoms with Gasteiger partial charge in [-0.2, -0.15) is 0 Å². The Morgan fingerprint density at radius 3 is 2.25 bits per heavy atom. The van der Waals surface area contributed by atoms with Crippen molar-refractivity contribution in [3.8, 4) is 0 Å². The summed E-state index contributed by atoms with van der Waals surface area (Å²) in [5, 5.41) is 0. The molecule has 12 heavy (non-hydrogen) atoms. The predicted molar refractivity (Wildman–Crippen MR) is 57.0 cm³/mol. The molecule has 0 spiro atoms. The molecule has 0 fully saturated rings. The third kappa shape index (κ3) is 3.90. The molecule has 0 saturated carbocycles. The summed E-state index contributed by atoms with van der Waals surface area (Å²) in [4.78, 5) is 10.5. The molecule has 1 atom stereocenters. The number of rotatable bonds is 6. The van der Waals surface area contributed by atoms with E-state index in [0.717, 1.165) is 32.1 Å². The highest BCUT2D eigenvalue weighted by atomic mass is 79.9. The Labute approximate surface area is 88.0 Å². The first-order valence-corrected chi connectivity index (χ1v) is 5.62. The molecule has 0 aliphatic carbocycles. The van der Waals surface area contributed by atoms with Gasteiger partial charge in [0.15, 0.2) is 0 Å². The summed E-state index contributed by atoms with van der Waals surface area (Å²) in [5.41, 5.74) is 0. The second-order valence-electron chi connectivity index (χ2n) is 3.09. The Balaban J connectivity index is 4.08. The summed E-state index contributed by atoms with van der Waals surface area (Å²) < 4.78 is -0.0630. The SMILES string of the molecule is CCCCC(Cl)(CCC)C(=O)Br. The minimum Gasteiger partial charge on any atom is -0.285 e. The lowest BCUT2D eigenvalue weighted by Gasteiger charge is -2.21. The Kier molecular flexibility index (Phi) is 6.20. The zero-order valence-electron chi connectivity index (χ0n) is 7.70. The minimum atomic E-state index is -0.648. The molecule has 1 nitrogen and oxygen atoms in total. The molecule has 0 aromatic rings. The summed E-state index contributed by atoms with van der Waals surface area (Å²) in [6, 6.07) is 0. The molecule has 0 amide bonds. The van der Waals surface area contributed by atoms with Gasteiger partial charge in [-0.05, 0) is 28.8 Å². The molecule has 3 heteroatoms. The first-order chi connectivity index (χ1) is 5.56. The van der Waals surface area contributed by atoms with E-state index in [2.05, 4.69) is 22.9 Å². The number of halogens is 2. The van der Waals surface area contributed by atoms with Gasteiger partial charge in [0.2, 0.25) is 4.69 Å². The normalized spacial score (nSPS) is 15.7. The Morgan fingerprint density at radius 2 is 1.92 bits per heavy atom. The van der Waals surface area contributed by atoms with E-state index in [0.29, 0.717) is 0 Å². The monoisotopic (exact) mass is 254 g/mol. The largest absolute Gasteiger partial charge is 0.285 e. The highest BCUT2D eigenvalue weighted by Gasteiger charge is 2.32. The van der Waals surface area contributed by atoms with Crippen molar-refractivity contribution in [1.29, 1.82) is 0 Å². The summed E-state index contributed by atoms with van der Waals surface area (Å²) in [6.45, 7) is 4.14. The third-order valence-electron chi connectivity index (χ3n) is 1.93. The van der Waals surface area contributed by atoms with Crippen LogP contribution in [0.4, 0.5) is 0 Å². The van der Waals surface area contributed by atoms with Crippen molar-refractivity contribution in [1.82, 2.24) is 0 Å². The van der Waals surface area contributed by atoms with Gasteiger partial charge in [-0.25, -0.2) is 0 Å². The van der Waals surface area contributed by atoms with Gasteiger partial charge in [0.05, 0.1) is 0 Å². The highest BCUT2D eigenvalue weighted by molar-refractivity contribution is 9.18. The van der Waals surface area contributed by atoms with Crippen LogP contribution in [0.25, 0.3) is 0 Å². The van der Waals surface area contributed by atoms with Crippen LogP contribution in [0, 0.1) is 0 Å². The third-order valence-corrected chi connectivity index (χ3v) is 3.46. The smallest absolute Gasteiger partial charge is 0.218 e. The molecule has 0 aromatic heterocycles. The summed E-state index contributed by atoms with van der Waals surface area (Å²) in [7, 11) is 0. The topological polar surface area (TPSA) is 17.1 Å². The van der Waals surface area contributed by atoms with Crippen molar-refractivity contribution in [3.63, 3.8) is 0 Å². The van der Waals surface area contributed by atoms with Crippen LogP contribution in [-0.2, 0) is 4.79 Å². The molecule has 0 bridgehead atoms. The predicted octanol–water partition coefficient (Wildman–Crippen LogP) is 3.88. The molecule has 0 radical (unpaired) electrons. The Hall–Kier alpha value is 0.440. The van der Waals surface area contributed by atoms with E-state index in [1.54, 1.807) is 0 Å².